The van der Waals surface area contributed by atoms with Gasteiger partial charge in [0.05, 0.1) is 16.8 Å². The van der Waals surface area contributed by atoms with E-state index in [0.29, 0.717) is 12.3 Å². The Morgan fingerprint density at radius 2 is 2.15 bits per heavy atom. The molecule has 1 fully saturated rings. The van der Waals surface area contributed by atoms with Crippen LogP contribution in [0.4, 0.5) is 23.8 Å². The number of oxime groups is 1. The van der Waals surface area contributed by atoms with Gasteiger partial charge in [-0.3, -0.25) is 19.8 Å². The molecule has 2 heterocycles. The molecule has 1 atom stereocenters. The van der Waals surface area contributed by atoms with E-state index in [2.05, 4.69) is 20.3 Å². The number of amides is 4. The summed E-state index contributed by atoms with van der Waals surface area (Å²) in [6, 6.07) is -0.230. The van der Waals surface area contributed by atoms with E-state index in [1.54, 1.807) is 0 Å². The number of carbonyl (C=O) groups is 3. The molecule has 13 heteroatoms. The van der Waals surface area contributed by atoms with E-state index in [-0.39, 0.29) is 23.9 Å². The fourth-order valence-corrected chi connectivity index (χ4v) is 2.34. The van der Waals surface area contributed by atoms with Crippen molar-refractivity contribution >= 4 is 41.5 Å². The second-order valence-corrected chi connectivity index (χ2v) is 5.59. The number of urea groups is 1. The second-order valence-electron chi connectivity index (χ2n) is 5.18. The third kappa shape index (κ3) is 4.84. The zero-order valence-electron chi connectivity index (χ0n) is 13.7. The van der Waals surface area contributed by atoms with Crippen LogP contribution in [0.3, 0.4) is 0 Å². The summed E-state index contributed by atoms with van der Waals surface area (Å²) < 4.78 is 37.7. The summed E-state index contributed by atoms with van der Waals surface area (Å²) in [5, 5.41) is 7.68. The van der Waals surface area contributed by atoms with Gasteiger partial charge in [-0.25, -0.2) is 9.78 Å². The van der Waals surface area contributed by atoms with Gasteiger partial charge in [-0.2, -0.15) is 13.2 Å². The summed E-state index contributed by atoms with van der Waals surface area (Å²) in [5.41, 5.74) is -1.01. The molecule has 0 aromatic carbocycles. The molecule has 4 amide bonds. The highest BCUT2D eigenvalue weighted by atomic mass is 35.5. The highest BCUT2D eigenvalue weighted by molar-refractivity contribution is 6.33. The number of barbiturate groups is 1. The van der Waals surface area contributed by atoms with Crippen LogP contribution in [0.5, 0.6) is 0 Å². The number of anilines is 1. The van der Waals surface area contributed by atoms with Crippen molar-refractivity contribution in [2.75, 3.05) is 25.5 Å². The molecule has 1 aliphatic rings. The highest BCUT2D eigenvalue weighted by Gasteiger charge is 2.39. The van der Waals surface area contributed by atoms with Crippen LogP contribution in [-0.4, -0.2) is 54.1 Å². The third-order valence-electron chi connectivity index (χ3n) is 3.40. The number of alkyl halides is 3. The molecule has 1 aromatic rings. The average molecular weight is 408 g/mol. The van der Waals surface area contributed by atoms with Crippen molar-refractivity contribution in [2.45, 2.75) is 6.18 Å². The molecule has 9 nitrogen and oxygen atoms in total. The fourth-order valence-electron chi connectivity index (χ4n) is 2.10. The summed E-state index contributed by atoms with van der Waals surface area (Å²) in [4.78, 5) is 44.4. The van der Waals surface area contributed by atoms with E-state index in [1.165, 1.54) is 7.11 Å². The van der Waals surface area contributed by atoms with Gasteiger partial charge < -0.3 is 10.2 Å². The summed E-state index contributed by atoms with van der Waals surface area (Å²) in [6.07, 6.45) is -3.04. The number of hydrogen-bond acceptors (Lipinski definition) is 7. The van der Waals surface area contributed by atoms with Crippen molar-refractivity contribution in [1.82, 2.24) is 15.2 Å². The van der Waals surface area contributed by atoms with Crippen LogP contribution < -0.4 is 10.6 Å². The summed E-state index contributed by atoms with van der Waals surface area (Å²) >= 11 is 5.75. The van der Waals surface area contributed by atoms with Gasteiger partial charge in [0.25, 0.3) is 0 Å². The van der Waals surface area contributed by atoms with Crippen LogP contribution in [0.1, 0.15) is 5.56 Å². The predicted molar refractivity (Wildman–Crippen MR) is 87.0 cm³/mol. The van der Waals surface area contributed by atoms with Crippen molar-refractivity contribution in [1.29, 1.82) is 0 Å². The van der Waals surface area contributed by atoms with Crippen LogP contribution in [0.25, 0.3) is 0 Å². The van der Waals surface area contributed by atoms with Gasteiger partial charge in [0.1, 0.15) is 12.9 Å². The van der Waals surface area contributed by atoms with E-state index in [9.17, 15) is 27.6 Å². The van der Waals surface area contributed by atoms with E-state index < -0.39 is 35.5 Å². The Balaban J connectivity index is 2.01. The number of nitrogens with zero attached hydrogens (tertiary/aromatic N) is 3. The van der Waals surface area contributed by atoms with Crippen molar-refractivity contribution in [3.8, 4) is 0 Å². The molecule has 0 radical (unpaired) electrons. The molecule has 27 heavy (non-hydrogen) atoms. The van der Waals surface area contributed by atoms with E-state index in [1.807, 2.05) is 5.32 Å². The molecular formula is C14H13ClF3N5O4. The quantitative estimate of drug-likeness (QED) is 0.419. The molecule has 2 rings (SSSR count). The molecule has 0 aliphatic carbocycles. The monoisotopic (exact) mass is 407 g/mol. The van der Waals surface area contributed by atoms with E-state index in [4.69, 9.17) is 11.6 Å². The first kappa shape index (κ1) is 20.4. The number of aromatic nitrogens is 1. The Morgan fingerprint density at radius 3 is 2.74 bits per heavy atom. The largest absolute Gasteiger partial charge is 0.417 e. The zero-order valence-corrected chi connectivity index (χ0v) is 14.5. The molecule has 1 aliphatic heterocycles. The van der Waals surface area contributed by atoms with Crippen LogP contribution in [0.15, 0.2) is 17.4 Å². The maximum Gasteiger partial charge on any atom is 0.417 e. The van der Waals surface area contributed by atoms with Gasteiger partial charge in [-0.1, -0.05) is 16.8 Å². The van der Waals surface area contributed by atoms with Crippen LogP contribution in [-0.2, 0) is 20.6 Å². The fraction of sp³-hybridized carbons (Fsp3) is 0.357. The van der Waals surface area contributed by atoms with Gasteiger partial charge in [-0.15, -0.1) is 0 Å². The molecule has 2 N–H and O–H groups in total. The molecule has 0 spiro atoms. The lowest BCUT2D eigenvalue weighted by Gasteiger charge is -2.28. The number of rotatable bonds is 6. The normalized spacial score (nSPS) is 18.0. The lowest BCUT2D eigenvalue weighted by Crippen LogP contribution is -2.59. The Morgan fingerprint density at radius 1 is 1.44 bits per heavy atom. The molecule has 146 valence electrons. The number of pyridine rings is 1. The van der Waals surface area contributed by atoms with Gasteiger partial charge in [0.15, 0.2) is 5.92 Å². The van der Waals surface area contributed by atoms with E-state index in [0.717, 1.165) is 11.1 Å². The van der Waals surface area contributed by atoms with Gasteiger partial charge in [0, 0.05) is 19.3 Å². The van der Waals surface area contributed by atoms with Crippen LogP contribution in [0.2, 0.25) is 5.02 Å². The molecule has 1 saturated heterocycles. The van der Waals surface area contributed by atoms with Gasteiger partial charge >= 0.3 is 12.2 Å². The predicted octanol–water partition coefficient (Wildman–Crippen LogP) is 1.49. The number of carbonyl (C=O) groups excluding carboxylic acids is 3. The summed E-state index contributed by atoms with van der Waals surface area (Å²) in [5.74, 6) is -3.06. The van der Waals surface area contributed by atoms with Crippen LogP contribution in [0, 0.1) is 5.92 Å². The second kappa shape index (κ2) is 8.20. The van der Waals surface area contributed by atoms with Crippen molar-refractivity contribution in [3.63, 3.8) is 0 Å². The van der Waals surface area contributed by atoms with Crippen molar-refractivity contribution in [3.05, 3.63) is 22.8 Å². The van der Waals surface area contributed by atoms with Gasteiger partial charge in [0.2, 0.25) is 11.8 Å². The average Bonchev–Trinajstić information content (AvgIpc) is 2.57. The van der Waals surface area contributed by atoms with Gasteiger partial charge in [-0.05, 0) is 6.07 Å². The Kier molecular flexibility index (Phi) is 6.20. The first-order chi connectivity index (χ1) is 12.6. The number of halogens is 4. The van der Waals surface area contributed by atoms with Crippen molar-refractivity contribution in [2.24, 2.45) is 11.1 Å². The maximum absolute atomic E-state index is 12.6. The lowest BCUT2D eigenvalue weighted by molar-refractivity contribution is -0.139. The highest BCUT2D eigenvalue weighted by Crippen LogP contribution is 2.32. The lowest BCUT2D eigenvalue weighted by atomic mass is 10.1. The molecule has 0 bridgehead atoms. The minimum Gasteiger partial charge on any atom is -0.399 e. The SMILES string of the molecule is CON=C[C@H]1C(=O)NC(=O)N(CCNc2ncc(C(F)(F)F)cc2Cl)C1=O. The number of hydrogen-bond donors (Lipinski definition) is 2. The first-order valence-electron chi connectivity index (χ1n) is 7.34. The Bertz CT molecular complexity index is 787. The standard InChI is InChI=1S/C14H13ClF3N5O4/c1-27-21-6-8-11(24)22-13(26)23(12(8)25)3-2-19-10-9(15)4-7(5-20-10)14(16,17)18/h4-6,8H,2-3H2,1H3,(H,19,20)(H,22,24,26)/t8-/m0/s1. The summed E-state index contributed by atoms with van der Waals surface area (Å²) in [6.45, 7) is -0.270. The Labute approximate surface area is 155 Å². The molecule has 0 unspecified atom stereocenters. The number of imide groups is 2. The van der Waals surface area contributed by atoms with Crippen molar-refractivity contribution < 1.29 is 32.4 Å². The smallest absolute Gasteiger partial charge is 0.399 e. The minimum absolute atomic E-state index is 0.0527. The molecular weight excluding hydrogens is 395 g/mol. The molecule has 0 saturated carbocycles. The minimum atomic E-state index is -4.58. The van der Waals surface area contributed by atoms with Crippen LogP contribution >= 0.6 is 11.6 Å². The van der Waals surface area contributed by atoms with E-state index >= 15 is 0 Å². The third-order valence-corrected chi connectivity index (χ3v) is 3.69. The zero-order chi connectivity index (χ0) is 20.2. The first-order valence-corrected chi connectivity index (χ1v) is 7.72. The maximum atomic E-state index is 12.6. The number of nitrogens with one attached hydrogen (secondary N) is 2. The molecule has 1 aromatic heterocycles. The topological polar surface area (TPSA) is 113 Å². The Hall–Kier alpha value is -2.89. The summed E-state index contributed by atoms with van der Waals surface area (Å²) in [7, 11) is 1.22.